The lowest BCUT2D eigenvalue weighted by molar-refractivity contribution is -0.123. The van der Waals surface area contributed by atoms with Crippen molar-refractivity contribution >= 4 is 29.1 Å². The summed E-state index contributed by atoms with van der Waals surface area (Å²) in [6.45, 7) is 7.35. The number of thiazole rings is 1. The number of esters is 1. The fourth-order valence-corrected chi connectivity index (χ4v) is 2.71. The van der Waals surface area contributed by atoms with Gasteiger partial charge in [0, 0.05) is 12.1 Å². The molecule has 0 bridgehead atoms. The van der Waals surface area contributed by atoms with E-state index in [1.807, 2.05) is 0 Å². The average Bonchev–Trinajstić information content (AvgIpc) is 3.11. The Morgan fingerprint density at radius 3 is 2.50 bits per heavy atom. The van der Waals surface area contributed by atoms with E-state index in [-0.39, 0.29) is 18.3 Å². The molecule has 0 atom stereocenters. The summed E-state index contributed by atoms with van der Waals surface area (Å²) in [6.07, 6.45) is 2.48. The van der Waals surface area contributed by atoms with Crippen molar-refractivity contribution in [3.8, 4) is 10.9 Å². The SMILES string of the molecule is C=CC(=O)N(CC)C(=O)c1ccc(Oc2ncc(C(=O)OCC)s2)cc1. The van der Waals surface area contributed by atoms with Crippen molar-refractivity contribution < 1.29 is 23.9 Å². The molecule has 0 aliphatic rings. The van der Waals surface area contributed by atoms with Crippen LogP contribution in [0, 0.1) is 0 Å². The Bertz CT molecular complexity index is 813. The van der Waals surface area contributed by atoms with Crippen LogP contribution in [0.3, 0.4) is 0 Å². The van der Waals surface area contributed by atoms with Crippen LogP contribution < -0.4 is 4.74 Å². The predicted octanol–water partition coefficient (Wildman–Crippen LogP) is 3.29. The van der Waals surface area contributed by atoms with Crippen LogP contribution in [-0.2, 0) is 9.53 Å². The number of benzene rings is 1. The number of amides is 2. The van der Waals surface area contributed by atoms with Crippen molar-refractivity contribution in [2.75, 3.05) is 13.2 Å². The number of aromatic nitrogens is 1. The predicted molar refractivity (Wildman–Crippen MR) is 96.5 cm³/mol. The first kappa shape index (κ1) is 19.3. The minimum absolute atomic E-state index is 0.248. The maximum Gasteiger partial charge on any atom is 0.350 e. The monoisotopic (exact) mass is 374 g/mol. The van der Waals surface area contributed by atoms with Crippen LogP contribution in [0.2, 0.25) is 0 Å². The molecule has 2 amide bonds. The van der Waals surface area contributed by atoms with Crippen LogP contribution in [0.1, 0.15) is 33.9 Å². The summed E-state index contributed by atoms with van der Waals surface area (Å²) in [5.74, 6) is -0.869. The largest absolute Gasteiger partial charge is 0.462 e. The summed E-state index contributed by atoms with van der Waals surface area (Å²) < 4.78 is 10.5. The summed E-state index contributed by atoms with van der Waals surface area (Å²) >= 11 is 1.06. The van der Waals surface area contributed by atoms with E-state index < -0.39 is 17.8 Å². The van der Waals surface area contributed by atoms with Crippen LogP contribution >= 0.6 is 11.3 Å². The number of likely N-dealkylation sites (N-methyl/N-ethyl adjacent to an activating group) is 1. The van der Waals surface area contributed by atoms with E-state index >= 15 is 0 Å². The number of carbonyl (C=O) groups is 3. The molecule has 7 nitrogen and oxygen atoms in total. The smallest absolute Gasteiger partial charge is 0.350 e. The second-order valence-electron chi connectivity index (χ2n) is 4.93. The van der Waals surface area contributed by atoms with E-state index in [1.165, 1.54) is 6.20 Å². The highest BCUT2D eigenvalue weighted by Crippen LogP contribution is 2.27. The molecule has 0 aliphatic carbocycles. The number of hydrogen-bond donors (Lipinski definition) is 0. The Balaban J connectivity index is 2.08. The van der Waals surface area contributed by atoms with Gasteiger partial charge in [-0.1, -0.05) is 17.9 Å². The first-order valence-electron chi connectivity index (χ1n) is 7.89. The zero-order valence-electron chi connectivity index (χ0n) is 14.4. The first-order chi connectivity index (χ1) is 12.5. The van der Waals surface area contributed by atoms with Crippen molar-refractivity contribution in [3.05, 3.63) is 53.6 Å². The molecule has 1 heterocycles. The van der Waals surface area contributed by atoms with E-state index in [2.05, 4.69) is 11.6 Å². The number of nitrogens with zero attached hydrogens (tertiary/aromatic N) is 2. The molecular formula is C18H18N2O5S. The molecule has 0 saturated heterocycles. The molecule has 2 aromatic rings. The van der Waals surface area contributed by atoms with Crippen LogP contribution in [-0.4, -0.2) is 40.8 Å². The molecule has 0 unspecified atom stereocenters. The van der Waals surface area contributed by atoms with Crippen molar-refractivity contribution in [1.82, 2.24) is 9.88 Å². The number of imide groups is 1. The summed E-state index contributed by atoms with van der Waals surface area (Å²) in [4.78, 5) is 41.1. The van der Waals surface area contributed by atoms with Gasteiger partial charge in [-0.2, -0.15) is 0 Å². The Labute approximate surface area is 154 Å². The zero-order valence-corrected chi connectivity index (χ0v) is 15.2. The van der Waals surface area contributed by atoms with Crippen molar-refractivity contribution in [2.24, 2.45) is 0 Å². The summed E-state index contributed by atoms with van der Waals surface area (Å²) in [5, 5.41) is 0.282. The summed E-state index contributed by atoms with van der Waals surface area (Å²) in [6, 6.07) is 6.28. The van der Waals surface area contributed by atoms with Gasteiger partial charge in [-0.15, -0.1) is 0 Å². The number of hydrogen-bond acceptors (Lipinski definition) is 7. The molecule has 0 fully saturated rings. The van der Waals surface area contributed by atoms with E-state index in [9.17, 15) is 14.4 Å². The zero-order chi connectivity index (χ0) is 19.1. The van der Waals surface area contributed by atoms with Crippen molar-refractivity contribution in [3.63, 3.8) is 0 Å². The van der Waals surface area contributed by atoms with Gasteiger partial charge in [-0.25, -0.2) is 9.78 Å². The minimum Gasteiger partial charge on any atom is -0.462 e. The minimum atomic E-state index is -0.452. The molecule has 0 spiro atoms. The second-order valence-corrected chi connectivity index (χ2v) is 5.92. The van der Waals surface area contributed by atoms with Gasteiger partial charge in [0.15, 0.2) is 0 Å². The first-order valence-corrected chi connectivity index (χ1v) is 8.70. The molecule has 136 valence electrons. The lowest BCUT2D eigenvalue weighted by atomic mass is 10.2. The normalized spacial score (nSPS) is 10.1. The van der Waals surface area contributed by atoms with Crippen molar-refractivity contribution in [1.29, 1.82) is 0 Å². The third-order valence-corrected chi connectivity index (χ3v) is 4.12. The van der Waals surface area contributed by atoms with E-state index in [4.69, 9.17) is 9.47 Å². The van der Waals surface area contributed by atoms with Gasteiger partial charge in [0.05, 0.1) is 12.8 Å². The van der Waals surface area contributed by atoms with Crippen LogP contribution in [0.25, 0.3) is 0 Å². The second kappa shape index (κ2) is 8.91. The highest BCUT2D eigenvalue weighted by molar-refractivity contribution is 7.15. The summed E-state index contributed by atoms with van der Waals surface area (Å²) in [5.41, 5.74) is 0.348. The van der Waals surface area contributed by atoms with Gasteiger partial charge < -0.3 is 9.47 Å². The molecule has 0 aliphatic heterocycles. The Kier molecular flexibility index (Phi) is 6.62. The third kappa shape index (κ3) is 4.54. The number of ether oxygens (including phenoxy) is 2. The standard InChI is InChI=1S/C18H18N2O5S/c1-4-15(21)20(5-2)16(22)12-7-9-13(10-8-12)25-18-19-11-14(26-18)17(23)24-6-3/h4,7-11H,1,5-6H2,2-3H3. The van der Waals surface area contributed by atoms with Crippen molar-refractivity contribution in [2.45, 2.75) is 13.8 Å². The molecule has 1 aromatic heterocycles. The fourth-order valence-electron chi connectivity index (χ4n) is 2.03. The molecule has 0 N–H and O–H groups in total. The molecule has 0 saturated carbocycles. The lowest BCUT2D eigenvalue weighted by Crippen LogP contribution is -2.35. The number of carbonyl (C=O) groups excluding carboxylic acids is 3. The Morgan fingerprint density at radius 2 is 1.92 bits per heavy atom. The van der Waals surface area contributed by atoms with Crippen LogP contribution in [0.4, 0.5) is 0 Å². The van der Waals surface area contributed by atoms with Gasteiger partial charge in [0.25, 0.3) is 17.0 Å². The maximum atomic E-state index is 12.3. The quantitative estimate of drug-likeness (QED) is 0.546. The average molecular weight is 374 g/mol. The van der Waals surface area contributed by atoms with Gasteiger partial charge >= 0.3 is 5.97 Å². The van der Waals surface area contributed by atoms with Gasteiger partial charge in [0.2, 0.25) is 0 Å². The van der Waals surface area contributed by atoms with E-state index in [0.29, 0.717) is 16.2 Å². The van der Waals surface area contributed by atoms with E-state index in [0.717, 1.165) is 22.3 Å². The van der Waals surface area contributed by atoms with Gasteiger partial charge in [0.1, 0.15) is 10.6 Å². The fraction of sp³-hybridized carbons (Fsp3) is 0.222. The van der Waals surface area contributed by atoms with Crippen LogP contribution in [0.5, 0.6) is 10.9 Å². The number of rotatable bonds is 7. The van der Waals surface area contributed by atoms with Gasteiger partial charge in [-0.3, -0.25) is 14.5 Å². The van der Waals surface area contributed by atoms with Crippen LogP contribution in [0.15, 0.2) is 43.1 Å². The highest BCUT2D eigenvalue weighted by Gasteiger charge is 2.19. The maximum absolute atomic E-state index is 12.3. The highest BCUT2D eigenvalue weighted by atomic mass is 32.1. The summed E-state index contributed by atoms with van der Waals surface area (Å²) in [7, 11) is 0. The lowest BCUT2D eigenvalue weighted by Gasteiger charge is -2.17. The third-order valence-electron chi connectivity index (χ3n) is 3.27. The Morgan fingerprint density at radius 1 is 1.23 bits per heavy atom. The van der Waals surface area contributed by atoms with E-state index in [1.54, 1.807) is 38.1 Å². The molecule has 26 heavy (non-hydrogen) atoms. The molecular weight excluding hydrogens is 356 g/mol. The molecule has 2 rings (SSSR count). The molecule has 1 aromatic carbocycles. The molecule has 8 heteroatoms. The molecule has 0 radical (unpaired) electrons. The Hall–Kier alpha value is -3.00. The topological polar surface area (TPSA) is 85.8 Å². The van der Waals surface area contributed by atoms with Gasteiger partial charge in [-0.05, 0) is 44.2 Å².